The zero-order chi connectivity index (χ0) is 17.5. The molecule has 8 nitrogen and oxygen atoms in total. The summed E-state index contributed by atoms with van der Waals surface area (Å²) < 4.78 is 27.9. The molecule has 0 aliphatic carbocycles. The van der Waals surface area contributed by atoms with Gasteiger partial charge in [-0.1, -0.05) is 0 Å². The molecule has 1 aliphatic rings. The molecule has 0 radical (unpaired) electrons. The number of halogens is 1. The van der Waals surface area contributed by atoms with E-state index in [-0.39, 0.29) is 41.4 Å². The maximum atomic E-state index is 11.5. The molecule has 0 aromatic rings. The van der Waals surface area contributed by atoms with Crippen molar-refractivity contribution >= 4 is 45.9 Å². The van der Waals surface area contributed by atoms with Gasteiger partial charge in [0.1, 0.15) is 5.60 Å². The molecule has 0 saturated carbocycles. The van der Waals surface area contributed by atoms with Gasteiger partial charge in [-0.3, -0.25) is 4.99 Å². The molecule has 1 heterocycles. The Balaban J connectivity index is 0.00000529. The van der Waals surface area contributed by atoms with Crippen LogP contribution >= 0.6 is 24.0 Å². The van der Waals surface area contributed by atoms with E-state index in [1.165, 1.54) is 0 Å². The van der Waals surface area contributed by atoms with Crippen LogP contribution in [0.4, 0.5) is 4.79 Å². The van der Waals surface area contributed by atoms with Crippen LogP contribution in [0.3, 0.4) is 0 Å². The van der Waals surface area contributed by atoms with Crippen LogP contribution in [0.15, 0.2) is 4.99 Å². The molecule has 1 amide bonds. The molecule has 0 spiro atoms. The molecular formula is C14H29IN4O4S. The first-order valence-electron chi connectivity index (χ1n) is 7.73. The van der Waals surface area contributed by atoms with Gasteiger partial charge in [-0.2, -0.15) is 0 Å². The second kappa shape index (κ2) is 10.3. The van der Waals surface area contributed by atoms with Gasteiger partial charge in [-0.05, 0) is 33.1 Å². The van der Waals surface area contributed by atoms with Crippen molar-refractivity contribution in [2.24, 2.45) is 10.9 Å². The van der Waals surface area contributed by atoms with Gasteiger partial charge in [0.2, 0.25) is 0 Å². The average Bonchev–Trinajstić information content (AvgIpc) is 2.75. The van der Waals surface area contributed by atoms with Crippen molar-refractivity contribution in [2.75, 3.05) is 38.2 Å². The lowest BCUT2D eigenvalue weighted by Crippen LogP contribution is -2.43. The molecule has 1 atom stereocenters. The fourth-order valence-corrected chi connectivity index (χ4v) is 4.02. The largest absolute Gasteiger partial charge is 0.444 e. The number of ether oxygens (including phenoxy) is 1. The minimum atomic E-state index is -2.86. The van der Waals surface area contributed by atoms with Crippen LogP contribution in [0.1, 0.15) is 27.2 Å². The Morgan fingerprint density at radius 2 is 1.83 bits per heavy atom. The number of nitrogens with one attached hydrogen (secondary N) is 3. The second-order valence-corrected chi connectivity index (χ2v) is 8.81. The van der Waals surface area contributed by atoms with Gasteiger partial charge < -0.3 is 20.7 Å². The number of nitrogens with zero attached hydrogens (tertiary/aromatic N) is 1. The summed E-state index contributed by atoms with van der Waals surface area (Å²) in [4.78, 5) is 15.5. The minimum absolute atomic E-state index is 0. The third-order valence-corrected chi connectivity index (χ3v) is 5.03. The smallest absolute Gasteiger partial charge is 0.407 e. The first-order chi connectivity index (χ1) is 10.6. The normalized spacial score (nSPS) is 20.0. The lowest BCUT2D eigenvalue weighted by atomic mass is 10.1. The number of carbonyl (C=O) groups is 1. The summed E-state index contributed by atoms with van der Waals surface area (Å²) in [5, 5.41) is 8.80. The molecule has 3 N–H and O–H groups in total. The Morgan fingerprint density at radius 3 is 2.33 bits per heavy atom. The fraction of sp³-hybridized carbons (Fsp3) is 0.857. The van der Waals surface area contributed by atoms with E-state index in [9.17, 15) is 13.2 Å². The molecular weight excluding hydrogens is 447 g/mol. The number of carbonyl (C=O) groups excluding carboxylic acids is 1. The number of sulfone groups is 1. The maximum absolute atomic E-state index is 11.5. The topological polar surface area (TPSA) is 109 Å². The fourth-order valence-electron chi connectivity index (χ4n) is 2.15. The second-order valence-electron chi connectivity index (χ2n) is 6.58. The lowest BCUT2D eigenvalue weighted by molar-refractivity contribution is 0.0529. The molecule has 10 heteroatoms. The van der Waals surface area contributed by atoms with Gasteiger partial charge in [0.25, 0.3) is 0 Å². The zero-order valence-electron chi connectivity index (χ0n) is 14.7. The molecule has 142 valence electrons. The van der Waals surface area contributed by atoms with E-state index < -0.39 is 21.5 Å². The average molecular weight is 476 g/mol. The number of amides is 1. The predicted octanol–water partition coefficient (Wildman–Crippen LogP) is 0.729. The molecule has 1 aliphatic heterocycles. The Labute approximate surface area is 161 Å². The highest BCUT2D eigenvalue weighted by atomic mass is 127. The van der Waals surface area contributed by atoms with Crippen molar-refractivity contribution in [3.8, 4) is 0 Å². The summed E-state index contributed by atoms with van der Waals surface area (Å²) in [6.07, 6.45) is 0.227. The Kier molecular flexibility index (Phi) is 9.93. The number of alkyl carbamates (subject to hydrolysis) is 1. The van der Waals surface area contributed by atoms with Crippen molar-refractivity contribution < 1.29 is 17.9 Å². The van der Waals surface area contributed by atoms with Crippen molar-refractivity contribution in [1.82, 2.24) is 16.0 Å². The molecule has 1 fully saturated rings. The molecule has 24 heavy (non-hydrogen) atoms. The lowest BCUT2D eigenvalue weighted by Gasteiger charge is -2.20. The van der Waals surface area contributed by atoms with E-state index in [2.05, 4.69) is 20.9 Å². The van der Waals surface area contributed by atoms with E-state index >= 15 is 0 Å². The number of rotatable bonds is 5. The summed E-state index contributed by atoms with van der Waals surface area (Å²) in [6.45, 7) is 6.87. The first-order valence-corrected chi connectivity index (χ1v) is 9.55. The van der Waals surface area contributed by atoms with Gasteiger partial charge in [-0.15, -0.1) is 24.0 Å². The molecule has 1 unspecified atom stereocenters. The van der Waals surface area contributed by atoms with E-state index in [0.717, 1.165) is 0 Å². The summed E-state index contributed by atoms with van der Waals surface area (Å²) >= 11 is 0. The van der Waals surface area contributed by atoms with Gasteiger partial charge >= 0.3 is 6.09 Å². The third kappa shape index (κ3) is 10.2. The molecule has 0 bridgehead atoms. The van der Waals surface area contributed by atoms with E-state index in [4.69, 9.17) is 4.74 Å². The summed E-state index contributed by atoms with van der Waals surface area (Å²) in [6, 6.07) is 0. The highest BCUT2D eigenvalue weighted by Gasteiger charge is 2.27. The molecule has 1 saturated heterocycles. The van der Waals surface area contributed by atoms with Gasteiger partial charge in [0.05, 0.1) is 11.5 Å². The number of guanidine groups is 1. The molecule has 1 rings (SSSR count). The van der Waals surface area contributed by atoms with Crippen LogP contribution in [0, 0.1) is 5.92 Å². The van der Waals surface area contributed by atoms with Crippen molar-refractivity contribution in [3.05, 3.63) is 0 Å². The van der Waals surface area contributed by atoms with Crippen molar-refractivity contribution in [2.45, 2.75) is 32.8 Å². The van der Waals surface area contributed by atoms with Crippen LogP contribution in [0.2, 0.25) is 0 Å². The Hall–Kier alpha value is -0.780. The third-order valence-electron chi connectivity index (χ3n) is 3.19. The zero-order valence-corrected chi connectivity index (χ0v) is 17.9. The molecule has 0 aromatic heterocycles. The van der Waals surface area contributed by atoms with E-state index in [1.54, 1.807) is 27.8 Å². The summed E-state index contributed by atoms with van der Waals surface area (Å²) in [5.74, 6) is 1.21. The highest BCUT2D eigenvalue weighted by molar-refractivity contribution is 14.0. The standard InChI is InChI=1S/C14H28N4O4S.HI/c1-14(2,3)22-13(19)17-7-6-16-12(15-4)18-9-11-5-8-23(20,21)10-11;/h11H,5-10H2,1-4H3,(H,17,19)(H2,15,16,18);1H. The Bertz CT molecular complexity index is 531. The Morgan fingerprint density at radius 1 is 1.21 bits per heavy atom. The monoisotopic (exact) mass is 476 g/mol. The number of hydrogen-bond donors (Lipinski definition) is 3. The van der Waals surface area contributed by atoms with Gasteiger partial charge in [0, 0.05) is 26.7 Å². The van der Waals surface area contributed by atoms with Crippen LogP contribution in [-0.4, -0.2) is 64.3 Å². The quantitative estimate of drug-likeness (QED) is 0.234. The first kappa shape index (κ1) is 23.2. The van der Waals surface area contributed by atoms with Gasteiger partial charge in [-0.25, -0.2) is 13.2 Å². The SMILES string of the molecule is CN=C(NCCNC(=O)OC(C)(C)C)NCC1CCS(=O)(=O)C1.I. The minimum Gasteiger partial charge on any atom is -0.444 e. The van der Waals surface area contributed by atoms with Crippen molar-refractivity contribution in [3.63, 3.8) is 0 Å². The van der Waals surface area contributed by atoms with E-state index in [1.807, 2.05) is 0 Å². The van der Waals surface area contributed by atoms with Crippen LogP contribution in [0.5, 0.6) is 0 Å². The van der Waals surface area contributed by atoms with Gasteiger partial charge in [0.15, 0.2) is 15.8 Å². The van der Waals surface area contributed by atoms with Crippen LogP contribution < -0.4 is 16.0 Å². The van der Waals surface area contributed by atoms with Crippen molar-refractivity contribution in [1.29, 1.82) is 0 Å². The maximum Gasteiger partial charge on any atom is 0.407 e. The summed E-state index contributed by atoms with van der Waals surface area (Å²) in [5.41, 5.74) is -0.517. The van der Waals surface area contributed by atoms with Crippen LogP contribution in [0.25, 0.3) is 0 Å². The van der Waals surface area contributed by atoms with Crippen LogP contribution in [-0.2, 0) is 14.6 Å². The van der Waals surface area contributed by atoms with E-state index in [0.29, 0.717) is 32.0 Å². The molecule has 0 aromatic carbocycles. The number of hydrogen-bond acceptors (Lipinski definition) is 5. The highest BCUT2D eigenvalue weighted by Crippen LogP contribution is 2.17. The predicted molar refractivity (Wildman–Crippen MR) is 106 cm³/mol. The number of aliphatic imine (C=N–C) groups is 1. The summed E-state index contributed by atoms with van der Waals surface area (Å²) in [7, 11) is -1.22.